The fraction of sp³-hybridized carbons (Fsp3) is 0.667. The molecule has 0 aromatic carbocycles. The summed E-state index contributed by atoms with van der Waals surface area (Å²) in [5.41, 5.74) is 0. The maximum Gasteiger partial charge on any atom is 0.319 e. The fourth-order valence-electron chi connectivity index (χ4n) is 0.555. The van der Waals surface area contributed by atoms with E-state index in [0.717, 1.165) is 0 Å². The second-order valence-electron chi connectivity index (χ2n) is 1.96. The maximum absolute atomic E-state index is 10.6. The third kappa shape index (κ3) is 7.41. The van der Waals surface area contributed by atoms with E-state index in [4.69, 9.17) is 0 Å². The molecule has 0 heterocycles. The highest BCUT2D eigenvalue weighted by atomic mass is 32.2. The molecule has 0 spiro atoms. The topological polar surface area (TPSA) is 92.7 Å². The molecule has 1 atom stereocenters. The second-order valence-corrected chi connectivity index (χ2v) is 2.54. The molecule has 1 unspecified atom stereocenters. The van der Waals surface area contributed by atoms with Crippen molar-refractivity contribution in [1.82, 2.24) is 0 Å². The number of ether oxygens (including phenoxy) is 1. The molecule has 0 aromatic rings. The number of rotatable bonds is 5. The Balaban J connectivity index is 3.58. The first-order valence-corrected chi connectivity index (χ1v) is 4.52. The van der Waals surface area contributed by atoms with Crippen LogP contribution in [0.1, 0.15) is 19.8 Å². The number of carbonyl (C=O) groups is 2. The Morgan fingerprint density at radius 1 is 1.31 bits per heavy atom. The van der Waals surface area contributed by atoms with Crippen LogP contribution in [0.3, 0.4) is 0 Å². The molecule has 0 amide bonds. The van der Waals surface area contributed by atoms with E-state index in [2.05, 4.69) is 8.92 Å². The molecule has 0 radical (unpaired) electrons. The van der Waals surface area contributed by atoms with Gasteiger partial charge in [0.25, 0.3) is 0 Å². The third-order valence-corrected chi connectivity index (χ3v) is 1.32. The van der Waals surface area contributed by atoms with Gasteiger partial charge in [0.15, 0.2) is 0 Å². The minimum absolute atomic E-state index is 0.177. The van der Waals surface area contributed by atoms with Crippen LogP contribution in [-0.4, -0.2) is 27.3 Å². The highest BCUT2D eigenvalue weighted by molar-refractivity contribution is 7.74. The molecule has 0 fully saturated rings. The van der Waals surface area contributed by atoms with E-state index >= 15 is 0 Å². The van der Waals surface area contributed by atoms with E-state index < -0.39 is 23.3 Å². The lowest BCUT2D eigenvalue weighted by molar-refractivity contribution is -0.146. The van der Waals surface area contributed by atoms with Gasteiger partial charge in [0.05, 0.1) is 19.4 Å². The summed E-state index contributed by atoms with van der Waals surface area (Å²) in [5.74, 6) is -1.53. The number of carbonyl (C=O) groups excluding carboxylic acids is 2. The van der Waals surface area contributed by atoms with Crippen molar-refractivity contribution in [2.24, 2.45) is 0 Å². The number of hydrogen-bond donors (Lipinski definition) is 0. The normalized spacial score (nSPS) is 11.8. The smallest absolute Gasteiger partial charge is 0.319 e. The second kappa shape index (κ2) is 6.55. The van der Waals surface area contributed by atoms with Gasteiger partial charge in [-0.1, -0.05) is 0 Å². The molecule has 76 valence electrons. The van der Waals surface area contributed by atoms with Gasteiger partial charge in [-0.2, -0.15) is 0 Å². The lowest BCUT2D eigenvalue weighted by Crippen LogP contribution is -2.11. The van der Waals surface area contributed by atoms with Gasteiger partial charge in [-0.15, -0.1) is 0 Å². The molecule has 0 aliphatic carbocycles. The minimum Gasteiger partial charge on any atom is -0.740 e. The zero-order valence-corrected chi connectivity index (χ0v) is 7.80. The van der Waals surface area contributed by atoms with Gasteiger partial charge in [0, 0.05) is 0 Å². The van der Waals surface area contributed by atoms with Gasteiger partial charge in [-0.3, -0.25) is 9.59 Å². The maximum atomic E-state index is 10.6. The Labute approximate surface area is 77.7 Å². The molecule has 13 heavy (non-hydrogen) atoms. The summed E-state index contributed by atoms with van der Waals surface area (Å²) in [6, 6.07) is 0. The highest BCUT2D eigenvalue weighted by Gasteiger charge is 2.08. The van der Waals surface area contributed by atoms with Crippen molar-refractivity contribution in [2.75, 3.05) is 6.61 Å². The van der Waals surface area contributed by atoms with Crippen molar-refractivity contribution in [2.45, 2.75) is 19.8 Å². The molecule has 0 rings (SSSR count). The van der Waals surface area contributed by atoms with Crippen LogP contribution < -0.4 is 0 Å². The molecule has 0 saturated heterocycles. The average molecular weight is 209 g/mol. The SMILES string of the molecule is CCOC(=O)CCC(=O)OS(=O)[O-]. The van der Waals surface area contributed by atoms with E-state index in [1.807, 2.05) is 0 Å². The van der Waals surface area contributed by atoms with Crippen molar-refractivity contribution in [3.05, 3.63) is 0 Å². The monoisotopic (exact) mass is 209 g/mol. The van der Waals surface area contributed by atoms with Crippen LogP contribution in [-0.2, 0) is 29.9 Å². The Morgan fingerprint density at radius 2 is 1.85 bits per heavy atom. The van der Waals surface area contributed by atoms with Gasteiger partial charge in [0.2, 0.25) is 0 Å². The van der Waals surface area contributed by atoms with Crippen LogP contribution in [0.5, 0.6) is 0 Å². The van der Waals surface area contributed by atoms with Crippen LogP contribution in [0.2, 0.25) is 0 Å². The fourth-order valence-corrected chi connectivity index (χ4v) is 0.790. The zero-order chi connectivity index (χ0) is 10.3. The largest absolute Gasteiger partial charge is 0.740 e. The first-order chi connectivity index (χ1) is 6.06. The van der Waals surface area contributed by atoms with Gasteiger partial charge < -0.3 is 13.5 Å². The number of hydrogen-bond acceptors (Lipinski definition) is 6. The standard InChI is InChI=1S/C6H10O6S/c1-2-11-5(7)3-4-6(8)12-13(9)10/h2-4H2,1H3,(H,9,10)/p-1. The minimum atomic E-state index is -2.87. The van der Waals surface area contributed by atoms with Gasteiger partial charge in [-0.25, -0.2) is 4.21 Å². The Kier molecular flexibility index (Phi) is 6.07. The molecule has 0 bridgehead atoms. The van der Waals surface area contributed by atoms with Gasteiger partial charge in [-0.05, 0) is 6.92 Å². The highest BCUT2D eigenvalue weighted by Crippen LogP contribution is 1.96. The summed E-state index contributed by atoms with van der Waals surface area (Å²) in [5, 5.41) is 0. The summed E-state index contributed by atoms with van der Waals surface area (Å²) >= 11 is -2.87. The predicted molar refractivity (Wildman–Crippen MR) is 40.9 cm³/mol. The third-order valence-electron chi connectivity index (χ3n) is 1.000. The average Bonchev–Trinajstić information content (AvgIpc) is 2.00. The molecule has 0 N–H and O–H groups in total. The Morgan fingerprint density at radius 3 is 2.31 bits per heavy atom. The molecule has 0 aliphatic rings. The van der Waals surface area contributed by atoms with Gasteiger partial charge in [0.1, 0.15) is 11.4 Å². The van der Waals surface area contributed by atoms with Crippen molar-refractivity contribution in [3.8, 4) is 0 Å². The lowest BCUT2D eigenvalue weighted by Gasteiger charge is -2.04. The van der Waals surface area contributed by atoms with Crippen molar-refractivity contribution in [3.63, 3.8) is 0 Å². The first-order valence-electron chi connectivity index (χ1n) is 3.52. The quantitative estimate of drug-likeness (QED) is 0.454. The van der Waals surface area contributed by atoms with Crippen LogP contribution in [0.25, 0.3) is 0 Å². The molecule has 0 aromatic heterocycles. The van der Waals surface area contributed by atoms with Crippen molar-refractivity contribution in [1.29, 1.82) is 0 Å². The molecule has 0 saturated carbocycles. The van der Waals surface area contributed by atoms with E-state index in [9.17, 15) is 18.4 Å². The molecular weight excluding hydrogens is 200 g/mol. The van der Waals surface area contributed by atoms with Crippen LogP contribution in [0, 0.1) is 0 Å². The zero-order valence-electron chi connectivity index (χ0n) is 6.98. The summed E-state index contributed by atoms with van der Waals surface area (Å²) in [6.45, 7) is 1.85. The van der Waals surface area contributed by atoms with Crippen molar-refractivity contribution < 1.29 is 27.3 Å². The summed E-state index contributed by atoms with van der Waals surface area (Å²) < 4.78 is 27.9. The van der Waals surface area contributed by atoms with E-state index in [1.165, 1.54) is 0 Å². The van der Waals surface area contributed by atoms with E-state index in [0.29, 0.717) is 0 Å². The first kappa shape index (κ1) is 12.0. The van der Waals surface area contributed by atoms with Crippen LogP contribution >= 0.6 is 0 Å². The summed E-state index contributed by atoms with van der Waals surface area (Å²) in [7, 11) is 0. The predicted octanol–water partition coefficient (Wildman–Crippen LogP) is -0.333. The van der Waals surface area contributed by atoms with E-state index in [-0.39, 0.29) is 19.4 Å². The molecule has 7 heteroatoms. The van der Waals surface area contributed by atoms with Crippen LogP contribution in [0.4, 0.5) is 0 Å². The number of esters is 1. The summed E-state index contributed by atoms with van der Waals surface area (Å²) in [6.07, 6.45) is -0.476. The lowest BCUT2D eigenvalue weighted by atomic mass is 10.3. The molecular formula is C6H9O6S-. The van der Waals surface area contributed by atoms with E-state index in [1.54, 1.807) is 6.92 Å². The molecule has 0 aliphatic heterocycles. The van der Waals surface area contributed by atoms with Gasteiger partial charge >= 0.3 is 11.9 Å². The van der Waals surface area contributed by atoms with Crippen LogP contribution in [0.15, 0.2) is 0 Å². The summed E-state index contributed by atoms with van der Waals surface area (Å²) in [4.78, 5) is 21.2. The Bertz CT molecular complexity index is 213. The molecule has 6 nitrogen and oxygen atoms in total. The van der Waals surface area contributed by atoms with Crippen molar-refractivity contribution >= 4 is 23.3 Å². The Hall–Kier alpha value is -0.950.